The third-order valence-corrected chi connectivity index (χ3v) is 11.6. The first-order valence-electron chi connectivity index (χ1n) is 17.4. The van der Waals surface area contributed by atoms with Gasteiger partial charge in [-0.15, -0.1) is 11.3 Å². The fraction of sp³-hybridized carbons (Fsp3) is 0.0667. The minimum Gasteiger partial charge on any atom is -0.456 e. The molecule has 4 heterocycles. The van der Waals surface area contributed by atoms with Gasteiger partial charge in [0.1, 0.15) is 22.3 Å². The summed E-state index contributed by atoms with van der Waals surface area (Å²) in [6.45, 7) is 0. The van der Waals surface area contributed by atoms with Gasteiger partial charge in [-0.1, -0.05) is 121 Å². The molecule has 7 aromatic carbocycles. The summed E-state index contributed by atoms with van der Waals surface area (Å²) >= 11 is 1.86. The van der Waals surface area contributed by atoms with Gasteiger partial charge in [0.2, 0.25) is 0 Å². The van der Waals surface area contributed by atoms with Crippen LogP contribution in [0.25, 0.3) is 75.2 Å². The smallest absolute Gasteiger partial charge is 0.141 e. The fourth-order valence-electron chi connectivity index (χ4n) is 7.97. The van der Waals surface area contributed by atoms with Crippen LogP contribution in [0.4, 0.5) is 0 Å². The van der Waals surface area contributed by atoms with E-state index in [-0.39, 0.29) is 18.5 Å². The molecule has 5 nitrogen and oxygen atoms in total. The van der Waals surface area contributed by atoms with Crippen molar-refractivity contribution in [2.45, 2.75) is 18.5 Å². The minimum atomic E-state index is -0.184. The highest BCUT2D eigenvalue weighted by Gasteiger charge is 2.31. The van der Waals surface area contributed by atoms with E-state index < -0.39 is 0 Å². The maximum absolute atomic E-state index is 6.54. The number of furan rings is 2. The summed E-state index contributed by atoms with van der Waals surface area (Å²) in [5, 5.41) is 18.6. The van der Waals surface area contributed by atoms with E-state index >= 15 is 0 Å². The zero-order valence-corrected chi connectivity index (χ0v) is 28.2. The van der Waals surface area contributed by atoms with E-state index in [1.807, 2.05) is 23.5 Å². The van der Waals surface area contributed by atoms with Gasteiger partial charge in [0.15, 0.2) is 0 Å². The Morgan fingerprint density at radius 2 is 1.14 bits per heavy atom. The Morgan fingerprint density at radius 1 is 0.431 bits per heavy atom. The summed E-state index contributed by atoms with van der Waals surface area (Å²) in [7, 11) is 0. The van der Waals surface area contributed by atoms with E-state index in [2.05, 4.69) is 155 Å². The van der Waals surface area contributed by atoms with Crippen LogP contribution in [-0.2, 0) is 0 Å². The predicted octanol–water partition coefficient (Wildman–Crippen LogP) is 11.7. The fourth-order valence-corrected chi connectivity index (χ4v) is 9.20. The van der Waals surface area contributed by atoms with Gasteiger partial charge in [-0.05, 0) is 52.6 Å². The van der Waals surface area contributed by atoms with E-state index in [4.69, 9.17) is 8.83 Å². The minimum absolute atomic E-state index is 0.104. The van der Waals surface area contributed by atoms with Crippen molar-refractivity contribution in [1.29, 1.82) is 0 Å². The maximum Gasteiger partial charge on any atom is 0.141 e. The van der Waals surface area contributed by atoms with Crippen molar-refractivity contribution in [1.82, 2.24) is 16.0 Å². The van der Waals surface area contributed by atoms with Crippen molar-refractivity contribution in [2.75, 3.05) is 0 Å². The average Bonchev–Trinajstić information content (AvgIpc) is 3.88. The van der Waals surface area contributed by atoms with Crippen LogP contribution in [0.1, 0.15) is 35.2 Å². The molecule has 51 heavy (non-hydrogen) atoms. The molecule has 11 rings (SSSR count). The monoisotopic (exact) mass is 677 g/mol. The summed E-state index contributed by atoms with van der Waals surface area (Å²) in [6, 6.07) is 53.7. The molecule has 0 aliphatic carbocycles. The average molecular weight is 678 g/mol. The van der Waals surface area contributed by atoms with Crippen LogP contribution in [0, 0.1) is 0 Å². The summed E-state index contributed by atoms with van der Waals surface area (Å²) < 4.78 is 15.6. The van der Waals surface area contributed by atoms with Crippen LogP contribution >= 0.6 is 11.3 Å². The van der Waals surface area contributed by atoms with Crippen molar-refractivity contribution in [3.63, 3.8) is 0 Å². The molecular weight excluding hydrogens is 647 g/mol. The zero-order valence-electron chi connectivity index (χ0n) is 27.4. The Bertz CT molecular complexity index is 2940. The SMILES string of the molecule is c1ccc(C2NC(c3ccc4c(c3)oc3ccc(-c5cccc6c5sc5ccccc56)cc34)NC(c3cccc4c3oc3ccccc34)N2)cc1. The lowest BCUT2D eigenvalue weighted by molar-refractivity contribution is 0.203. The Hall–Kier alpha value is -5.76. The third kappa shape index (κ3) is 4.65. The second-order valence-electron chi connectivity index (χ2n) is 13.4. The number of hydrogen-bond donors (Lipinski definition) is 3. The molecule has 10 aromatic rings. The van der Waals surface area contributed by atoms with Gasteiger partial charge < -0.3 is 8.83 Å². The Balaban J connectivity index is 0.993. The van der Waals surface area contributed by atoms with E-state index in [1.165, 1.54) is 31.3 Å². The Kier molecular flexibility index (Phi) is 6.48. The lowest BCUT2D eigenvalue weighted by Crippen LogP contribution is -2.54. The van der Waals surface area contributed by atoms with Crippen LogP contribution in [0.3, 0.4) is 0 Å². The van der Waals surface area contributed by atoms with Gasteiger partial charge in [-0.3, -0.25) is 16.0 Å². The second kappa shape index (κ2) is 11.4. The summed E-state index contributed by atoms with van der Waals surface area (Å²) in [6.07, 6.45) is -0.455. The normalized spacial score (nSPS) is 18.2. The van der Waals surface area contributed by atoms with Crippen molar-refractivity contribution in [2.24, 2.45) is 0 Å². The van der Waals surface area contributed by atoms with Gasteiger partial charge in [0, 0.05) is 47.3 Å². The Labute approximate surface area is 297 Å². The first-order valence-corrected chi connectivity index (χ1v) is 18.2. The number of hydrogen-bond acceptors (Lipinski definition) is 6. The quantitative estimate of drug-likeness (QED) is 0.173. The first-order chi connectivity index (χ1) is 25.2. The number of benzene rings is 7. The molecule has 3 N–H and O–H groups in total. The molecule has 244 valence electrons. The first kappa shape index (κ1) is 29.0. The molecule has 6 heteroatoms. The van der Waals surface area contributed by atoms with Crippen molar-refractivity contribution >= 4 is 75.4 Å². The second-order valence-corrected chi connectivity index (χ2v) is 14.4. The van der Waals surface area contributed by atoms with Gasteiger partial charge in [-0.2, -0.15) is 0 Å². The standard InChI is InChI=1S/C45H31N3O2S/c1-2-10-26(11-3-1)43-46-44(48-45(47-43)35-17-9-15-33-30-12-4-6-18-37(30)50-41(33)35)28-20-22-31-36-24-27(21-23-38(36)49-39(31)25-28)29-14-8-16-34-32-13-5-7-19-40(32)51-42(29)34/h1-25,43-48H. The molecule has 3 aromatic heterocycles. The Morgan fingerprint density at radius 3 is 2.06 bits per heavy atom. The lowest BCUT2D eigenvalue weighted by Gasteiger charge is -2.39. The molecule has 1 aliphatic rings. The van der Waals surface area contributed by atoms with Crippen LogP contribution in [0.5, 0.6) is 0 Å². The largest absolute Gasteiger partial charge is 0.456 e. The van der Waals surface area contributed by atoms with E-state index in [9.17, 15) is 0 Å². The molecule has 1 saturated heterocycles. The molecule has 3 unspecified atom stereocenters. The van der Waals surface area contributed by atoms with E-state index in [1.54, 1.807) is 0 Å². The van der Waals surface area contributed by atoms with Crippen molar-refractivity contribution in [3.05, 3.63) is 168 Å². The molecule has 0 spiro atoms. The summed E-state index contributed by atoms with van der Waals surface area (Å²) in [4.78, 5) is 0. The number of nitrogens with one attached hydrogen (secondary N) is 3. The maximum atomic E-state index is 6.54. The molecule has 1 aliphatic heterocycles. The number of rotatable bonds is 4. The van der Waals surface area contributed by atoms with E-state index in [0.29, 0.717) is 0 Å². The topological polar surface area (TPSA) is 62.4 Å². The van der Waals surface area contributed by atoms with Crippen LogP contribution in [0.2, 0.25) is 0 Å². The van der Waals surface area contributed by atoms with Gasteiger partial charge >= 0.3 is 0 Å². The molecule has 0 bridgehead atoms. The predicted molar refractivity (Wildman–Crippen MR) is 210 cm³/mol. The molecule has 0 amide bonds. The van der Waals surface area contributed by atoms with E-state index in [0.717, 1.165) is 60.6 Å². The zero-order chi connectivity index (χ0) is 33.5. The lowest BCUT2D eigenvalue weighted by atomic mass is 10.00. The number of fused-ring (bicyclic) bond motifs is 9. The van der Waals surface area contributed by atoms with Crippen molar-refractivity contribution < 1.29 is 8.83 Å². The molecule has 0 saturated carbocycles. The molecule has 3 atom stereocenters. The molecular formula is C45H31N3O2S. The molecule has 0 radical (unpaired) electrons. The van der Waals surface area contributed by atoms with Crippen LogP contribution < -0.4 is 16.0 Å². The third-order valence-electron chi connectivity index (χ3n) is 10.4. The summed E-state index contributed by atoms with van der Waals surface area (Å²) in [5.41, 5.74) is 9.32. The highest BCUT2D eigenvalue weighted by molar-refractivity contribution is 7.26. The van der Waals surface area contributed by atoms with Gasteiger partial charge in [0.05, 0.1) is 18.5 Å². The van der Waals surface area contributed by atoms with Crippen molar-refractivity contribution in [3.8, 4) is 11.1 Å². The number of para-hydroxylation sites is 2. The highest BCUT2D eigenvalue weighted by Crippen LogP contribution is 2.42. The molecule has 1 fully saturated rings. The summed E-state index contributed by atoms with van der Waals surface area (Å²) in [5.74, 6) is 0. The van der Waals surface area contributed by atoms with Gasteiger partial charge in [-0.25, -0.2) is 0 Å². The number of thiophene rings is 1. The van der Waals surface area contributed by atoms with Crippen LogP contribution in [-0.4, -0.2) is 0 Å². The van der Waals surface area contributed by atoms with Crippen LogP contribution in [0.15, 0.2) is 160 Å². The van der Waals surface area contributed by atoms with Gasteiger partial charge in [0.25, 0.3) is 0 Å². The highest BCUT2D eigenvalue weighted by atomic mass is 32.1.